The Hall–Kier alpha value is -1.35. The molecule has 3 nitrogen and oxygen atoms in total. The lowest BCUT2D eigenvalue weighted by molar-refractivity contribution is -0.118. The third-order valence-electron chi connectivity index (χ3n) is 5.11. The van der Waals surface area contributed by atoms with Crippen LogP contribution in [0.15, 0.2) is 18.2 Å². The van der Waals surface area contributed by atoms with Crippen molar-refractivity contribution in [2.24, 2.45) is 17.8 Å². The first-order valence-corrected chi connectivity index (χ1v) is 7.47. The monoisotopic (exact) mass is 256 g/mol. The topological polar surface area (TPSA) is 41.1 Å². The Morgan fingerprint density at radius 1 is 1.26 bits per heavy atom. The summed E-state index contributed by atoms with van der Waals surface area (Å²) in [5, 5.41) is 6.57. The number of amides is 1. The van der Waals surface area contributed by atoms with Crippen LogP contribution in [0.5, 0.6) is 0 Å². The molecular formula is C16H20N2O. The van der Waals surface area contributed by atoms with Crippen molar-refractivity contribution in [3.8, 4) is 0 Å². The lowest BCUT2D eigenvalue weighted by Crippen LogP contribution is -2.26. The lowest BCUT2D eigenvalue weighted by Gasteiger charge is -2.20. The van der Waals surface area contributed by atoms with Crippen molar-refractivity contribution in [3.63, 3.8) is 0 Å². The van der Waals surface area contributed by atoms with Gasteiger partial charge in [0.25, 0.3) is 0 Å². The molecule has 1 heterocycles. The quantitative estimate of drug-likeness (QED) is 0.852. The second kappa shape index (κ2) is 4.34. The van der Waals surface area contributed by atoms with E-state index >= 15 is 0 Å². The molecule has 0 bridgehead atoms. The first kappa shape index (κ1) is 11.5. The molecule has 1 aromatic carbocycles. The van der Waals surface area contributed by atoms with E-state index in [1.807, 2.05) is 0 Å². The number of anilines is 1. The number of rotatable bonds is 2. The largest absolute Gasteiger partial charge is 0.326 e. The van der Waals surface area contributed by atoms with E-state index in [9.17, 15) is 4.79 Å². The normalized spacial score (nSPS) is 31.5. The van der Waals surface area contributed by atoms with Gasteiger partial charge in [-0.1, -0.05) is 18.6 Å². The maximum Gasteiger partial charge on any atom is 0.228 e. The minimum Gasteiger partial charge on any atom is -0.326 e. The fourth-order valence-corrected chi connectivity index (χ4v) is 4.08. The van der Waals surface area contributed by atoms with E-state index < -0.39 is 0 Å². The summed E-state index contributed by atoms with van der Waals surface area (Å²) in [5.74, 6) is 1.97. The van der Waals surface area contributed by atoms with Gasteiger partial charge in [-0.2, -0.15) is 0 Å². The second-order valence-electron chi connectivity index (χ2n) is 6.14. The van der Waals surface area contributed by atoms with Gasteiger partial charge in [-0.05, 0) is 54.8 Å². The number of carbonyl (C=O) groups is 1. The van der Waals surface area contributed by atoms with E-state index in [-0.39, 0.29) is 5.91 Å². The van der Waals surface area contributed by atoms with Crippen molar-refractivity contribution in [2.75, 3.05) is 11.9 Å². The van der Waals surface area contributed by atoms with E-state index in [1.54, 1.807) is 0 Å². The van der Waals surface area contributed by atoms with Gasteiger partial charge in [0.15, 0.2) is 0 Å². The van der Waals surface area contributed by atoms with Crippen molar-refractivity contribution in [3.05, 3.63) is 29.3 Å². The molecule has 2 atom stereocenters. The smallest absolute Gasteiger partial charge is 0.228 e. The van der Waals surface area contributed by atoms with Crippen LogP contribution in [-0.2, 0) is 17.8 Å². The van der Waals surface area contributed by atoms with Gasteiger partial charge < -0.3 is 10.6 Å². The molecule has 0 aromatic heterocycles. The molecule has 100 valence electrons. The summed E-state index contributed by atoms with van der Waals surface area (Å²) in [6.45, 7) is 1.93. The number of hydrogen-bond donors (Lipinski definition) is 2. The summed E-state index contributed by atoms with van der Waals surface area (Å²) < 4.78 is 0. The Balaban J connectivity index is 1.52. The standard InChI is InChI=1S/C16H20N2O/c19-16(15-12-4-2-5-13(12)15)18-14-6-1-3-10-9-17-8-7-11(10)14/h1,3,6,12-13,15,17H,2,4-5,7-9H2,(H,18,19). The Morgan fingerprint density at radius 2 is 2.11 bits per heavy atom. The van der Waals surface area contributed by atoms with Gasteiger partial charge in [-0.3, -0.25) is 4.79 Å². The molecule has 1 aromatic rings. The van der Waals surface area contributed by atoms with Crippen LogP contribution in [0, 0.1) is 17.8 Å². The van der Waals surface area contributed by atoms with Crippen molar-refractivity contribution < 1.29 is 4.79 Å². The van der Waals surface area contributed by atoms with Gasteiger partial charge in [0.05, 0.1) is 0 Å². The number of fused-ring (bicyclic) bond motifs is 2. The van der Waals surface area contributed by atoms with Crippen LogP contribution in [0.3, 0.4) is 0 Å². The highest BCUT2D eigenvalue weighted by atomic mass is 16.2. The molecule has 3 heteroatoms. The molecule has 1 amide bonds. The Morgan fingerprint density at radius 3 is 2.95 bits per heavy atom. The molecule has 2 saturated carbocycles. The molecular weight excluding hydrogens is 236 g/mol. The maximum absolute atomic E-state index is 12.3. The summed E-state index contributed by atoms with van der Waals surface area (Å²) in [5.41, 5.74) is 3.72. The van der Waals surface area contributed by atoms with Crippen LogP contribution in [-0.4, -0.2) is 12.5 Å². The zero-order valence-electron chi connectivity index (χ0n) is 11.1. The minimum absolute atomic E-state index is 0.265. The summed E-state index contributed by atoms with van der Waals surface area (Å²) in [6, 6.07) is 6.26. The van der Waals surface area contributed by atoms with E-state index in [1.165, 1.54) is 30.4 Å². The fraction of sp³-hybridized carbons (Fsp3) is 0.562. The van der Waals surface area contributed by atoms with E-state index in [0.29, 0.717) is 17.8 Å². The molecule has 1 aliphatic heterocycles. The molecule has 0 radical (unpaired) electrons. The predicted molar refractivity (Wildman–Crippen MR) is 74.8 cm³/mol. The summed E-state index contributed by atoms with van der Waals surface area (Å²) in [7, 11) is 0. The minimum atomic E-state index is 0.265. The highest BCUT2D eigenvalue weighted by Gasteiger charge is 2.56. The number of benzene rings is 1. The van der Waals surface area contributed by atoms with Crippen LogP contribution in [0.1, 0.15) is 30.4 Å². The SMILES string of the molecule is O=C(Nc1cccc2c1CCNC2)C1C2CCCC21. The lowest BCUT2D eigenvalue weighted by atomic mass is 9.99. The molecule has 2 unspecified atom stereocenters. The van der Waals surface area contributed by atoms with E-state index in [4.69, 9.17) is 0 Å². The molecule has 4 rings (SSSR count). The summed E-state index contributed by atoms with van der Waals surface area (Å²) in [4.78, 5) is 12.3. The van der Waals surface area contributed by atoms with Gasteiger partial charge in [0.2, 0.25) is 5.91 Å². The van der Waals surface area contributed by atoms with E-state index in [2.05, 4.69) is 28.8 Å². The van der Waals surface area contributed by atoms with Gasteiger partial charge in [-0.25, -0.2) is 0 Å². The third kappa shape index (κ3) is 1.88. The zero-order valence-corrected chi connectivity index (χ0v) is 11.1. The molecule has 0 spiro atoms. The summed E-state index contributed by atoms with van der Waals surface area (Å²) >= 11 is 0. The van der Waals surface area contributed by atoms with Crippen molar-refractivity contribution in [1.29, 1.82) is 0 Å². The Bertz CT molecular complexity index is 515. The number of nitrogens with one attached hydrogen (secondary N) is 2. The van der Waals surface area contributed by atoms with Gasteiger partial charge in [-0.15, -0.1) is 0 Å². The van der Waals surface area contributed by atoms with E-state index in [0.717, 1.165) is 25.2 Å². The van der Waals surface area contributed by atoms with Gasteiger partial charge in [0, 0.05) is 18.2 Å². The number of hydrogen-bond acceptors (Lipinski definition) is 2. The van der Waals surface area contributed by atoms with Crippen LogP contribution in [0.4, 0.5) is 5.69 Å². The Kier molecular flexibility index (Phi) is 2.62. The average Bonchev–Trinajstić information content (AvgIpc) is 2.93. The van der Waals surface area contributed by atoms with Crippen LogP contribution >= 0.6 is 0 Å². The van der Waals surface area contributed by atoms with Crippen molar-refractivity contribution >= 4 is 11.6 Å². The Labute approximate surface area is 113 Å². The fourth-order valence-electron chi connectivity index (χ4n) is 4.08. The summed E-state index contributed by atoms with van der Waals surface area (Å²) in [6.07, 6.45) is 4.87. The molecule has 19 heavy (non-hydrogen) atoms. The van der Waals surface area contributed by atoms with Crippen LogP contribution in [0.2, 0.25) is 0 Å². The zero-order chi connectivity index (χ0) is 12.8. The predicted octanol–water partition coefficient (Wildman–Crippen LogP) is 2.32. The van der Waals surface area contributed by atoms with Gasteiger partial charge in [0.1, 0.15) is 0 Å². The number of carbonyl (C=O) groups excluding carboxylic acids is 1. The molecule has 2 N–H and O–H groups in total. The van der Waals surface area contributed by atoms with Crippen LogP contribution in [0.25, 0.3) is 0 Å². The second-order valence-corrected chi connectivity index (χ2v) is 6.14. The molecule has 2 aliphatic carbocycles. The molecule has 2 fully saturated rings. The maximum atomic E-state index is 12.3. The van der Waals surface area contributed by atoms with Crippen molar-refractivity contribution in [1.82, 2.24) is 5.32 Å². The third-order valence-corrected chi connectivity index (χ3v) is 5.11. The van der Waals surface area contributed by atoms with Crippen molar-refractivity contribution in [2.45, 2.75) is 32.2 Å². The van der Waals surface area contributed by atoms with Gasteiger partial charge >= 0.3 is 0 Å². The molecule has 0 saturated heterocycles. The first-order chi connectivity index (χ1) is 9.34. The van der Waals surface area contributed by atoms with Crippen LogP contribution < -0.4 is 10.6 Å². The highest BCUT2D eigenvalue weighted by molar-refractivity contribution is 5.95. The highest BCUT2D eigenvalue weighted by Crippen LogP contribution is 2.57. The molecule has 3 aliphatic rings. The first-order valence-electron chi connectivity index (χ1n) is 7.47. The average molecular weight is 256 g/mol.